The van der Waals surface area contributed by atoms with Gasteiger partial charge in [0.05, 0.1) is 5.52 Å². The predicted octanol–water partition coefficient (Wildman–Crippen LogP) is 5.09. The first-order valence-corrected chi connectivity index (χ1v) is 8.54. The molecule has 2 aromatic carbocycles. The summed E-state index contributed by atoms with van der Waals surface area (Å²) in [4.78, 5) is 0. The van der Waals surface area contributed by atoms with Gasteiger partial charge in [0.25, 0.3) is 0 Å². The predicted molar refractivity (Wildman–Crippen MR) is 96.5 cm³/mol. The highest BCUT2D eigenvalue weighted by Crippen LogP contribution is 2.35. The maximum atomic E-state index is 14.1. The van der Waals surface area contributed by atoms with Gasteiger partial charge in [-0.25, -0.2) is 4.39 Å². The highest BCUT2D eigenvalue weighted by atomic mass is 19.1. The Balaban J connectivity index is 1.83. The Kier molecular flexibility index (Phi) is 3.72. The number of aryl methyl sites for hydroxylation is 2. The van der Waals surface area contributed by atoms with Crippen molar-refractivity contribution >= 4 is 16.6 Å². The number of benzene rings is 2. The first-order chi connectivity index (χ1) is 11.6. The van der Waals surface area contributed by atoms with E-state index in [9.17, 15) is 4.39 Å². The van der Waals surface area contributed by atoms with Crippen molar-refractivity contribution in [2.75, 3.05) is 0 Å². The lowest BCUT2D eigenvalue weighted by molar-refractivity contribution is 0.605. The molecule has 1 atom stereocenters. The number of halogens is 1. The lowest BCUT2D eigenvalue weighted by Crippen LogP contribution is -2.12. The van der Waals surface area contributed by atoms with Crippen LogP contribution >= 0.6 is 0 Å². The van der Waals surface area contributed by atoms with Crippen molar-refractivity contribution in [2.24, 2.45) is 0 Å². The first-order valence-electron chi connectivity index (χ1n) is 8.54. The Morgan fingerprint density at radius 3 is 2.83 bits per heavy atom. The van der Waals surface area contributed by atoms with Gasteiger partial charge in [0.1, 0.15) is 5.82 Å². The molecule has 2 heterocycles. The third kappa shape index (κ3) is 2.44. The molecule has 0 aliphatic carbocycles. The average Bonchev–Trinajstić information content (AvgIpc) is 2.95. The minimum absolute atomic E-state index is 0.0843. The van der Waals surface area contributed by atoms with E-state index in [4.69, 9.17) is 5.41 Å². The lowest BCUT2D eigenvalue weighted by Gasteiger charge is -2.16. The number of nitrogens with one attached hydrogen (secondary N) is 1. The summed E-state index contributed by atoms with van der Waals surface area (Å²) in [6.07, 6.45) is 4.99. The molecule has 3 heteroatoms. The smallest absolute Gasteiger partial charge is 0.126 e. The SMILES string of the molecule is CC(=N)C(Cc1ccccc1F)c1cn2c3c(cccc13)CCC2. The molecule has 0 saturated carbocycles. The number of aromatic nitrogens is 1. The van der Waals surface area contributed by atoms with Crippen molar-refractivity contribution in [2.45, 2.75) is 38.6 Å². The molecule has 0 amide bonds. The Hall–Kier alpha value is -2.42. The number of hydrogen-bond donors (Lipinski definition) is 1. The van der Waals surface area contributed by atoms with E-state index in [-0.39, 0.29) is 11.7 Å². The van der Waals surface area contributed by atoms with E-state index in [2.05, 4.69) is 29.0 Å². The van der Waals surface area contributed by atoms with Gasteiger partial charge >= 0.3 is 0 Å². The fourth-order valence-corrected chi connectivity index (χ4v) is 3.94. The van der Waals surface area contributed by atoms with E-state index in [1.165, 1.54) is 22.5 Å². The van der Waals surface area contributed by atoms with Gasteiger partial charge in [0.2, 0.25) is 0 Å². The van der Waals surface area contributed by atoms with Gasteiger partial charge in [-0.1, -0.05) is 36.4 Å². The molecule has 1 unspecified atom stereocenters. The Bertz CT molecular complexity index is 923. The minimum atomic E-state index is -0.183. The van der Waals surface area contributed by atoms with Crippen molar-refractivity contribution < 1.29 is 4.39 Å². The normalized spacial score (nSPS) is 14.8. The van der Waals surface area contributed by atoms with Crippen molar-refractivity contribution in [3.05, 3.63) is 71.2 Å². The van der Waals surface area contributed by atoms with Crippen LogP contribution in [0.2, 0.25) is 0 Å². The average molecular weight is 320 g/mol. The van der Waals surface area contributed by atoms with Crippen LogP contribution in [0.1, 0.15) is 36.0 Å². The van der Waals surface area contributed by atoms with Crippen molar-refractivity contribution in [1.29, 1.82) is 5.41 Å². The summed E-state index contributed by atoms with van der Waals surface area (Å²) in [7, 11) is 0. The third-order valence-electron chi connectivity index (χ3n) is 5.14. The zero-order valence-corrected chi connectivity index (χ0v) is 13.8. The number of para-hydroxylation sites is 1. The minimum Gasteiger partial charge on any atom is -0.347 e. The second-order valence-electron chi connectivity index (χ2n) is 6.73. The van der Waals surface area contributed by atoms with Gasteiger partial charge < -0.3 is 9.98 Å². The molecule has 122 valence electrons. The maximum absolute atomic E-state index is 14.1. The van der Waals surface area contributed by atoms with Crippen molar-refractivity contribution in [1.82, 2.24) is 4.57 Å². The van der Waals surface area contributed by atoms with E-state index >= 15 is 0 Å². The highest BCUT2D eigenvalue weighted by molar-refractivity contribution is 5.95. The van der Waals surface area contributed by atoms with E-state index in [1.54, 1.807) is 6.07 Å². The quantitative estimate of drug-likeness (QED) is 0.649. The van der Waals surface area contributed by atoms with Crippen LogP contribution in [0.4, 0.5) is 4.39 Å². The summed E-state index contributed by atoms with van der Waals surface area (Å²) in [5.41, 5.74) is 5.11. The van der Waals surface area contributed by atoms with Crippen LogP contribution in [0, 0.1) is 11.2 Å². The molecule has 24 heavy (non-hydrogen) atoms. The number of rotatable bonds is 4. The zero-order chi connectivity index (χ0) is 16.7. The van der Waals surface area contributed by atoms with Crippen LogP contribution < -0.4 is 0 Å². The Morgan fingerprint density at radius 2 is 2.04 bits per heavy atom. The van der Waals surface area contributed by atoms with Crippen LogP contribution in [0.3, 0.4) is 0 Å². The molecule has 3 aromatic rings. The maximum Gasteiger partial charge on any atom is 0.126 e. The van der Waals surface area contributed by atoms with Gasteiger partial charge in [-0.2, -0.15) is 0 Å². The van der Waals surface area contributed by atoms with Gasteiger partial charge in [0.15, 0.2) is 0 Å². The second-order valence-corrected chi connectivity index (χ2v) is 6.73. The van der Waals surface area contributed by atoms with E-state index in [0.717, 1.165) is 24.9 Å². The third-order valence-corrected chi connectivity index (χ3v) is 5.14. The molecule has 4 rings (SSSR count). The van der Waals surface area contributed by atoms with Crippen LogP contribution in [0.5, 0.6) is 0 Å². The fraction of sp³-hybridized carbons (Fsp3) is 0.286. The second kappa shape index (κ2) is 5.90. The summed E-state index contributed by atoms with van der Waals surface area (Å²) in [5.74, 6) is -0.267. The topological polar surface area (TPSA) is 28.8 Å². The van der Waals surface area contributed by atoms with Gasteiger partial charge in [0, 0.05) is 29.8 Å². The molecule has 1 aliphatic heterocycles. The van der Waals surface area contributed by atoms with Crippen LogP contribution in [-0.2, 0) is 19.4 Å². The number of hydrogen-bond acceptors (Lipinski definition) is 1. The largest absolute Gasteiger partial charge is 0.347 e. The summed E-state index contributed by atoms with van der Waals surface area (Å²) >= 11 is 0. The molecule has 0 spiro atoms. The Labute approximate surface area is 141 Å². The van der Waals surface area contributed by atoms with Gasteiger partial charge in [-0.3, -0.25) is 0 Å². The standard InChI is InChI=1S/C21H21FN2/c1-14(23)18(12-16-6-2-3-10-20(16)22)19-13-24-11-5-8-15-7-4-9-17(19)21(15)24/h2-4,6-7,9-10,13,18,23H,5,8,11-12H2,1H3. The van der Waals surface area contributed by atoms with Crippen molar-refractivity contribution in [3.8, 4) is 0 Å². The van der Waals surface area contributed by atoms with E-state index in [1.807, 2.05) is 19.1 Å². The molecule has 2 nitrogen and oxygen atoms in total. The number of nitrogens with zero attached hydrogens (tertiary/aromatic N) is 1. The van der Waals surface area contributed by atoms with Gasteiger partial charge in [-0.15, -0.1) is 0 Å². The first kappa shape index (κ1) is 15.1. The molecule has 1 N–H and O–H groups in total. The molecular formula is C21H21FN2. The molecule has 1 aromatic heterocycles. The molecule has 0 radical (unpaired) electrons. The van der Waals surface area contributed by atoms with Crippen LogP contribution in [0.15, 0.2) is 48.7 Å². The molecular weight excluding hydrogens is 299 g/mol. The van der Waals surface area contributed by atoms with Crippen LogP contribution in [-0.4, -0.2) is 10.3 Å². The fourth-order valence-electron chi connectivity index (χ4n) is 3.94. The molecule has 1 aliphatic rings. The molecule has 0 fully saturated rings. The highest BCUT2D eigenvalue weighted by Gasteiger charge is 2.23. The summed E-state index contributed by atoms with van der Waals surface area (Å²) in [6, 6.07) is 13.4. The Morgan fingerprint density at radius 1 is 1.21 bits per heavy atom. The summed E-state index contributed by atoms with van der Waals surface area (Å²) < 4.78 is 16.4. The molecule has 0 bridgehead atoms. The monoisotopic (exact) mass is 320 g/mol. The molecule has 0 saturated heterocycles. The van der Waals surface area contributed by atoms with Crippen LogP contribution in [0.25, 0.3) is 10.9 Å². The zero-order valence-electron chi connectivity index (χ0n) is 13.8. The van der Waals surface area contributed by atoms with E-state index < -0.39 is 0 Å². The summed E-state index contributed by atoms with van der Waals surface area (Å²) in [5, 5.41) is 9.51. The summed E-state index contributed by atoms with van der Waals surface area (Å²) in [6.45, 7) is 2.86. The van der Waals surface area contributed by atoms with E-state index in [0.29, 0.717) is 17.7 Å². The van der Waals surface area contributed by atoms with Crippen molar-refractivity contribution in [3.63, 3.8) is 0 Å². The van der Waals surface area contributed by atoms with Gasteiger partial charge in [-0.05, 0) is 48.9 Å². The lowest BCUT2D eigenvalue weighted by atomic mass is 9.87.